The lowest BCUT2D eigenvalue weighted by Gasteiger charge is -2.17. The van der Waals surface area contributed by atoms with Crippen molar-refractivity contribution in [3.8, 4) is 6.07 Å². The largest absolute Gasteiger partial charge is 0.379 e. The predicted octanol–water partition coefficient (Wildman–Crippen LogP) is 3.83. The third-order valence-electron chi connectivity index (χ3n) is 3.70. The molecule has 0 amide bonds. The van der Waals surface area contributed by atoms with Crippen molar-refractivity contribution in [3.63, 3.8) is 0 Å². The lowest BCUT2D eigenvalue weighted by atomic mass is 10.1. The molecule has 3 rings (SSSR count). The average molecular weight is 338 g/mol. The Morgan fingerprint density at radius 2 is 2.08 bits per heavy atom. The minimum absolute atomic E-state index is 0.486. The Morgan fingerprint density at radius 3 is 2.83 bits per heavy atom. The van der Waals surface area contributed by atoms with Crippen LogP contribution in [0.4, 0.5) is 11.5 Å². The number of hydrogen-bond donors (Lipinski definition) is 1. The number of nitrogens with zero attached hydrogens (tertiary/aromatic N) is 4. The van der Waals surface area contributed by atoms with Crippen molar-refractivity contribution in [1.29, 1.82) is 5.26 Å². The van der Waals surface area contributed by atoms with Gasteiger partial charge < -0.3 is 10.2 Å². The summed E-state index contributed by atoms with van der Waals surface area (Å²) >= 11 is 6.12. The lowest BCUT2D eigenvalue weighted by Crippen LogP contribution is -2.15. The molecule has 2 aromatic heterocycles. The van der Waals surface area contributed by atoms with E-state index in [1.165, 1.54) is 0 Å². The Balaban J connectivity index is 2.01. The summed E-state index contributed by atoms with van der Waals surface area (Å²) in [5.74, 6) is 0.889. The molecule has 0 fully saturated rings. The van der Waals surface area contributed by atoms with Gasteiger partial charge >= 0.3 is 0 Å². The predicted molar refractivity (Wildman–Crippen MR) is 97.4 cm³/mol. The molecule has 0 bridgehead atoms. The van der Waals surface area contributed by atoms with Crippen molar-refractivity contribution in [1.82, 2.24) is 9.97 Å². The number of aromatic nitrogens is 2. The summed E-state index contributed by atoms with van der Waals surface area (Å²) < 4.78 is 0. The summed E-state index contributed by atoms with van der Waals surface area (Å²) in [6.07, 6.45) is 3.34. The van der Waals surface area contributed by atoms with Gasteiger partial charge in [0.15, 0.2) is 0 Å². The van der Waals surface area contributed by atoms with Crippen LogP contribution in [0, 0.1) is 11.3 Å². The van der Waals surface area contributed by atoms with E-state index in [1.54, 1.807) is 18.5 Å². The van der Waals surface area contributed by atoms with Gasteiger partial charge in [0.25, 0.3) is 0 Å². The second kappa shape index (κ2) is 6.73. The highest BCUT2D eigenvalue weighted by atomic mass is 35.5. The zero-order valence-corrected chi connectivity index (χ0v) is 14.2. The number of fused-ring (bicyclic) bond motifs is 1. The van der Waals surface area contributed by atoms with E-state index in [-0.39, 0.29) is 0 Å². The summed E-state index contributed by atoms with van der Waals surface area (Å²) in [4.78, 5) is 10.7. The molecular formula is C18H16ClN5. The first kappa shape index (κ1) is 16.0. The molecule has 0 aliphatic carbocycles. The summed E-state index contributed by atoms with van der Waals surface area (Å²) in [6, 6.07) is 11.6. The van der Waals surface area contributed by atoms with Crippen LogP contribution in [-0.2, 0) is 6.54 Å². The van der Waals surface area contributed by atoms with E-state index in [4.69, 9.17) is 11.6 Å². The van der Waals surface area contributed by atoms with Crippen molar-refractivity contribution in [2.24, 2.45) is 0 Å². The molecule has 1 aromatic carbocycles. The molecule has 0 aliphatic heterocycles. The second-order valence-corrected chi connectivity index (χ2v) is 5.99. The topological polar surface area (TPSA) is 64.8 Å². The van der Waals surface area contributed by atoms with Gasteiger partial charge in [0.2, 0.25) is 0 Å². The van der Waals surface area contributed by atoms with Crippen LogP contribution in [0.25, 0.3) is 10.9 Å². The highest BCUT2D eigenvalue weighted by Gasteiger charge is 2.11. The van der Waals surface area contributed by atoms with Gasteiger partial charge in [0.1, 0.15) is 11.9 Å². The van der Waals surface area contributed by atoms with E-state index in [0.717, 1.165) is 28.0 Å². The van der Waals surface area contributed by atoms with Crippen molar-refractivity contribution < 1.29 is 0 Å². The summed E-state index contributed by atoms with van der Waals surface area (Å²) in [7, 11) is 3.91. The Hall–Kier alpha value is -2.84. The Labute approximate surface area is 145 Å². The zero-order chi connectivity index (χ0) is 17.1. The Kier molecular flexibility index (Phi) is 4.50. The molecule has 0 saturated carbocycles. The lowest BCUT2D eigenvalue weighted by molar-refractivity contribution is 1.01. The highest BCUT2D eigenvalue weighted by Crippen LogP contribution is 2.29. The summed E-state index contributed by atoms with van der Waals surface area (Å²) in [5, 5.41) is 14.2. The van der Waals surface area contributed by atoms with Crippen molar-refractivity contribution in [2.75, 3.05) is 24.3 Å². The molecule has 5 nitrogen and oxygen atoms in total. The minimum Gasteiger partial charge on any atom is -0.379 e. The number of anilines is 2. The third kappa shape index (κ3) is 3.10. The van der Waals surface area contributed by atoms with Crippen LogP contribution in [0.1, 0.15) is 11.1 Å². The molecular weight excluding hydrogens is 322 g/mol. The molecule has 2 heterocycles. The smallest absolute Gasteiger partial charge is 0.132 e. The van der Waals surface area contributed by atoms with Gasteiger partial charge in [-0.2, -0.15) is 5.26 Å². The Bertz CT molecular complexity index is 930. The molecule has 0 unspecified atom stereocenters. The van der Waals surface area contributed by atoms with E-state index >= 15 is 0 Å². The minimum atomic E-state index is 0.486. The van der Waals surface area contributed by atoms with Crippen LogP contribution in [0.5, 0.6) is 0 Å². The van der Waals surface area contributed by atoms with Crippen LogP contribution in [0.3, 0.4) is 0 Å². The normalized spacial score (nSPS) is 10.4. The molecule has 0 spiro atoms. The van der Waals surface area contributed by atoms with E-state index in [1.807, 2.05) is 43.3 Å². The molecule has 6 heteroatoms. The molecule has 1 N–H and O–H groups in total. The molecule has 3 aromatic rings. The summed E-state index contributed by atoms with van der Waals surface area (Å²) in [5.41, 5.74) is 3.05. The van der Waals surface area contributed by atoms with Gasteiger partial charge in [-0.3, -0.25) is 4.98 Å². The van der Waals surface area contributed by atoms with Gasteiger partial charge in [0.05, 0.1) is 16.8 Å². The molecule has 0 radical (unpaired) electrons. The maximum atomic E-state index is 9.40. The summed E-state index contributed by atoms with van der Waals surface area (Å²) in [6.45, 7) is 0.543. The van der Waals surface area contributed by atoms with Crippen LogP contribution < -0.4 is 10.2 Å². The second-order valence-electron chi connectivity index (χ2n) is 5.55. The van der Waals surface area contributed by atoms with Crippen molar-refractivity contribution in [3.05, 3.63) is 58.9 Å². The van der Waals surface area contributed by atoms with Crippen molar-refractivity contribution >= 4 is 34.0 Å². The molecule has 24 heavy (non-hydrogen) atoms. The van der Waals surface area contributed by atoms with E-state index in [2.05, 4.69) is 21.4 Å². The third-order valence-corrected chi connectivity index (χ3v) is 3.93. The number of pyridine rings is 2. The maximum Gasteiger partial charge on any atom is 0.132 e. The quantitative estimate of drug-likeness (QED) is 0.783. The van der Waals surface area contributed by atoms with Crippen LogP contribution >= 0.6 is 11.6 Å². The number of nitriles is 1. The average Bonchev–Trinajstić information content (AvgIpc) is 2.59. The first-order valence-electron chi connectivity index (χ1n) is 7.43. The fourth-order valence-corrected chi connectivity index (χ4v) is 2.77. The fraction of sp³-hybridized carbons (Fsp3) is 0.167. The van der Waals surface area contributed by atoms with E-state index < -0.39 is 0 Å². The van der Waals surface area contributed by atoms with Gasteiger partial charge in [-0.25, -0.2) is 4.98 Å². The zero-order valence-electron chi connectivity index (χ0n) is 13.4. The van der Waals surface area contributed by atoms with Crippen LogP contribution in [-0.4, -0.2) is 24.1 Å². The molecule has 0 atom stereocenters. The monoisotopic (exact) mass is 337 g/mol. The number of rotatable bonds is 4. The molecule has 0 saturated heterocycles. The van der Waals surface area contributed by atoms with Crippen molar-refractivity contribution in [2.45, 2.75) is 6.54 Å². The number of nitrogens with one attached hydrogen (secondary N) is 1. The van der Waals surface area contributed by atoms with Gasteiger partial charge in [-0.1, -0.05) is 17.7 Å². The fourth-order valence-electron chi connectivity index (χ4n) is 2.59. The number of benzene rings is 1. The van der Waals surface area contributed by atoms with E-state index in [0.29, 0.717) is 17.1 Å². The first-order valence-corrected chi connectivity index (χ1v) is 7.81. The Morgan fingerprint density at radius 1 is 1.25 bits per heavy atom. The van der Waals surface area contributed by atoms with Gasteiger partial charge in [-0.15, -0.1) is 0 Å². The molecule has 0 aliphatic rings. The van der Waals surface area contributed by atoms with Crippen LogP contribution in [0.15, 0.2) is 42.7 Å². The van der Waals surface area contributed by atoms with Gasteiger partial charge in [-0.05, 0) is 24.3 Å². The van der Waals surface area contributed by atoms with Crippen LogP contribution in [0.2, 0.25) is 5.02 Å². The maximum absolute atomic E-state index is 9.40. The van der Waals surface area contributed by atoms with Gasteiger partial charge in [0, 0.05) is 49.0 Å². The molecule has 120 valence electrons. The first-order chi connectivity index (χ1) is 11.6. The van der Waals surface area contributed by atoms with E-state index in [9.17, 15) is 5.26 Å². The highest BCUT2D eigenvalue weighted by molar-refractivity contribution is 6.31. The number of halogens is 1. The number of hydrogen-bond acceptors (Lipinski definition) is 5. The standard InChI is InChI=1S/C18H16ClN5/c1-24(2)18-12(4-3-7-21-18)10-23-17-13(9-20)11-22-16-6-5-14(19)8-15(16)17/h3-8,11H,10H2,1-2H3,(H,22,23). The SMILES string of the molecule is CN(C)c1ncccc1CNc1c(C#N)cnc2ccc(Cl)cc12.